The second-order valence-electron chi connectivity index (χ2n) is 3.74. The monoisotopic (exact) mass is 286 g/mol. The quantitative estimate of drug-likeness (QED) is 0.644. The van der Waals surface area contributed by atoms with E-state index in [1.165, 1.54) is 13.2 Å². The molecule has 1 amide bonds. The van der Waals surface area contributed by atoms with Gasteiger partial charge in [-0.15, -0.1) is 0 Å². The molecule has 3 N–H and O–H groups in total. The number of hydrogen-bond donors (Lipinski definition) is 3. The number of nitrogens with zero attached hydrogens (tertiary/aromatic N) is 1. The number of nitrogens with one attached hydrogen (secondary N) is 3. The van der Waals surface area contributed by atoms with Crippen molar-refractivity contribution in [1.29, 1.82) is 0 Å². The summed E-state index contributed by atoms with van der Waals surface area (Å²) in [7, 11) is -1.97. The van der Waals surface area contributed by atoms with E-state index < -0.39 is 10.0 Å². The lowest BCUT2D eigenvalue weighted by Gasteiger charge is -2.06. The van der Waals surface area contributed by atoms with Crippen molar-refractivity contribution in [2.24, 2.45) is 0 Å². The number of carbonyl (C=O) groups is 1. The van der Waals surface area contributed by atoms with Gasteiger partial charge in [-0.05, 0) is 26.1 Å². The van der Waals surface area contributed by atoms with E-state index in [1.54, 1.807) is 12.1 Å². The Bertz CT molecular complexity index is 513. The van der Waals surface area contributed by atoms with Crippen LogP contribution < -0.4 is 15.4 Å². The highest BCUT2D eigenvalue weighted by Crippen LogP contribution is 2.04. The third kappa shape index (κ3) is 5.23. The van der Waals surface area contributed by atoms with Crippen molar-refractivity contribution in [3.8, 4) is 0 Å². The van der Waals surface area contributed by atoms with Crippen LogP contribution in [0.15, 0.2) is 18.3 Å². The van der Waals surface area contributed by atoms with Gasteiger partial charge in [0.15, 0.2) is 0 Å². The molecule has 8 heteroatoms. The molecule has 0 aliphatic rings. The number of amides is 1. The minimum absolute atomic E-state index is 0.0525. The summed E-state index contributed by atoms with van der Waals surface area (Å²) in [6.07, 6.45) is 1.44. The Hall–Kier alpha value is -1.67. The second kappa shape index (κ2) is 7.05. The standard InChI is InChI=1S/C11H18N4O3S/c1-3-13-10-5-4-9(8-15-10)11(16)14-6-7-19(17,18)12-2/h4-5,8,12H,3,6-7H2,1-2H3,(H,13,15)(H,14,16). The highest BCUT2D eigenvalue weighted by atomic mass is 32.2. The second-order valence-corrected chi connectivity index (χ2v) is 5.79. The first kappa shape index (κ1) is 15.4. The summed E-state index contributed by atoms with van der Waals surface area (Å²) in [5, 5.41) is 5.54. The maximum absolute atomic E-state index is 11.7. The fraction of sp³-hybridized carbons (Fsp3) is 0.455. The zero-order valence-corrected chi connectivity index (χ0v) is 11.8. The van der Waals surface area contributed by atoms with Crippen LogP contribution in [0.5, 0.6) is 0 Å². The molecular weight excluding hydrogens is 268 g/mol. The topological polar surface area (TPSA) is 100 Å². The van der Waals surface area contributed by atoms with Gasteiger partial charge in [-0.25, -0.2) is 18.1 Å². The van der Waals surface area contributed by atoms with Gasteiger partial charge in [0.25, 0.3) is 5.91 Å². The van der Waals surface area contributed by atoms with Crippen molar-refractivity contribution in [2.75, 3.05) is 31.2 Å². The van der Waals surface area contributed by atoms with Gasteiger partial charge in [0.1, 0.15) is 5.82 Å². The van der Waals surface area contributed by atoms with E-state index in [1.807, 2.05) is 6.92 Å². The predicted molar refractivity (Wildman–Crippen MR) is 73.6 cm³/mol. The Kier molecular flexibility index (Phi) is 5.71. The van der Waals surface area contributed by atoms with E-state index in [0.717, 1.165) is 6.54 Å². The minimum atomic E-state index is -3.30. The molecular formula is C11H18N4O3S. The summed E-state index contributed by atoms with van der Waals surface area (Å²) in [6.45, 7) is 2.75. The van der Waals surface area contributed by atoms with Crippen molar-refractivity contribution >= 4 is 21.7 Å². The summed E-state index contributed by atoms with van der Waals surface area (Å²) >= 11 is 0. The molecule has 0 saturated heterocycles. The molecule has 0 atom stereocenters. The smallest absolute Gasteiger partial charge is 0.252 e. The van der Waals surface area contributed by atoms with Crippen LogP contribution >= 0.6 is 0 Å². The molecule has 0 aliphatic heterocycles. The molecule has 7 nitrogen and oxygen atoms in total. The SMILES string of the molecule is CCNc1ccc(C(=O)NCCS(=O)(=O)NC)cn1. The van der Waals surface area contributed by atoms with Gasteiger partial charge in [0.2, 0.25) is 10.0 Å². The van der Waals surface area contributed by atoms with Crippen LogP contribution in [0.3, 0.4) is 0 Å². The summed E-state index contributed by atoms with van der Waals surface area (Å²) in [6, 6.07) is 3.33. The fourth-order valence-electron chi connectivity index (χ4n) is 1.32. The number of carbonyl (C=O) groups excluding carboxylic acids is 1. The first-order valence-corrected chi connectivity index (χ1v) is 7.53. The number of anilines is 1. The fourth-order valence-corrected chi connectivity index (χ4v) is 1.89. The zero-order chi connectivity index (χ0) is 14.3. The molecule has 0 saturated carbocycles. The number of rotatable bonds is 7. The molecule has 106 valence electrons. The molecule has 0 aliphatic carbocycles. The van der Waals surface area contributed by atoms with E-state index >= 15 is 0 Å². The van der Waals surface area contributed by atoms with E-state index in [-0.39, 0.29) is 18.2 Å². The Morgan fingerprint density at radius 2 is 2.11 bits per heavy atom. The minimum Gasteiger partial charge on any atom is -0.370 e. The van der Waals surface area contributed by atoms with Gasteiger partial charge in [-0.1, -0.05) is 0 Å². The Morgan fingerprint density at radius 3 is 2.63 bits per heavy atom. The van der Waals surface area contributed by atoms with Crippen molar-refractivity contribution in [1.82, 2.24) is 15.0 Å². The van der Waals surface area contributed by atoms with Crippen LogP contribution in [-0.2, 0) is 10.0 Å². The first-order valence-electron chi connectivity index (χ1n) is 5.88. The number of aromatic nitrogens is 1. The zero-order valence-electron chi connectivity index (χ0n) is 10.9. The molecule has 0 radical (unpaired) electrons. The molecule has 19 heavy (non-hydrogen) atoms. The average Bonchev–Trinajstić information content (AvgIpc) is 2.39. The van der Waals surface area contributed by atoms with Crippen LogP contribution in [0.4, 0.5) is 5.82 Å². The van der Waals surface area contributed by atoms with Crippen LogP contribution in [0, 0.1) is 0 Å². The average molecular weight is 286 g/mol. The van der Waals surface area contributed by atoms with E-state index in [9.17, 15) is 13.2 Å². The number of sulfonamides is 1. The van der Waals surface area contributed by atoms with Gasteiger partial charge in [-0.2, -0.15) is 0 Å². The molecule has 1 rings (SSSR count). The van der Waals surface area contributed by atoms with E-state index in [4.69, 9.17) is 0 Å². The van der Waals surface area contributed by atoms with Gasteiger partial charge >= 0.3 is 0 Å². The highest BCUT2D eigenvalue weighted by molar-refractivity contribution is 7.89. The van der Waals surface area contributed by atoms with Crippen LogP contribution in [0.1, 0.15) is 17.3 Å². The number of hydrogen-bond acceptors (Lipinski definition) is 5. The largest absolute Gasteiger partial charge is 0.370 e. The molecule has 1 aromatic rings. The lowest BCUT2D eigenvalue weighted by Crippen LogP contribution is -2.33. The maximum Gasteiger partial charge on any atom is 0.252 e. The van der Waals surface area contributed by atoms with E-state index in [2.05, 4.69) is 20.3 Å². The highest BCUT2D eigenvalue weighted by Gasteiger charge is 2.09. The lowest BCUT2D eigenvalue weighted by atomic mass is 10.2. The molecule has 0 spiro atoms. The molecule has 0 fully saturated rings. The third-order valence-electron chi connectivity index (χ3n) is 2.35. The predicted octanol–water partition coefficient (Wildman–Crippen LogP) is -0.208. The molecule has 1 aromatic heterocycles. The van der Waals surface area contributed by atoms with Crippen LogP contribution in [0.25, 0.3) is 0 Å². The Balaban J connectivity index is 2.50. The van der Waals surface area contributed by atoms with Gasteiger partial charge in [-0.3, -0.25) is 4.79 Å². The molecule has 0 bridgehead atoms. The van der Waals surface area contributed by atoms with Gasteiger partial charge < -0.3 is 10.6 Å². The maximum atomic E-state index is 11.7. The van der Waals surface area contributed by atoms with Crippen LogP contribution in [0.2, 0.25) is 0 Å². The van der Waals surface area contributed by atoms with Crippen molar-refractivity contribution in [2.45, 2.75) is 6.92 Å². The van der Waals surface area contributed by atoms with E-state index in [0.29, 0.717) is 11.4 Å². The molecule has 0 unspecified atom stereocenters. The summed E-state index contributed by atoms with van der Waals surface area (Å²) < 4.78 is 24.5. The number of pyridine rings is 1. The molecule has 1 heterocycles. The Labute approximate surface area is 112 Å². The Morgan fingerprint density at radius 1 is 1.37 bits per heavy atom. The third-order valence-corrected chi connectivity index (χ3v) is 3.71. The van der Waals surface area contributed by atoms with Crippen molar-refractivity contribution < 1.29 is 13.2 Å². The van der Waals surface area contributed by atoms with Crippen molar-refractivity contribution in [3.05, 3.63) is 23.9 Å². The summed E-state index contributed by atoms with van der Waals surface area (Å²) in [4.78, 5) is 15.8. The summed E-state index contributed by atoms with van der Waals surface area (Å²) in [5.74, 6) is 0.191. The summed E-state index contributed by atoms with van der Waals surface area (Å²) in [5.41, 5.74) is 0.392. The van der Waals surface area contributed by atoms with Gasteiger partial charge in [0, 0.05) is 19.3 Å². The molecule has 0 aromatic carbocycles. The lowest BCUT2D eigenvalue weighted by molar-refractivity contribution is 0.0956. The van der Waals surface area contributed by atoms with Crippen LogP contribution in [-0.4, -0.2) is 45.2 Å². The normalized spacial score (nSPS) is 11.1. The van der Waals surface area contributed by atoms with Crippen molar-refractivity contribution in [3.63, 3.8) is 0 Å². The van der Waals surface area contributed by atoms with Gasteiger partial charge in [0.05, 0.1) is 11.3 Å². The first-order chi connectivity index (χ1) is 8.98.